The minimum absolute atomic E-state index is 0.265. The topological polar surface area (TPSA) is 56.7 Å². The van der Waals surface area contributed by atoms with Gasteiger partial charge >= 0.3 is 0 Å². The first-order valence-electron chi connectivity index (χ1n) is 7.66. The molecule has 0 aliphatic rings. The van der Waals surface area contributed by atoms with Crippen LogP contribution in [0.15, 0.2) is 42.5 Å². The minimum Gasteiger partial charge on any atom is -0.369 e. The predicted molar refractivity (Wildman–Crippen MR) is 90.3 cm³/mol. The van der Waals surface area contributed by atoms with E-state index in [9.17, 15) is 4.39 Å². The van der Waals surface area contributed by atoms with Crippen molar-refractivity contribution in [2.45, 2.75) is 26.8 Å². The summed E-state index contributed by atoms with van der Waals surface area (Å²) in [7, 11) is 0. The molecule has 0 spiro atoms. The molecule has 0 aliphatic heterocycles. The third-order valence-corrected chi connectivity index (χ3v) is 3.69. The zero-order chi connectivity index (χ0) is 16.4. The Hall–Kier alpha value is -2.69. The Morgan fingerprint density at radius 1 is 1.09 bits per heavy atom. The number of nitrogens with two attached hydrogens (primary N) is 1. The van der Waals surface area contributed by atoms with Crippen LogP contribution in [0.1, 0.15) is 19.0 Å². The van der Waals surface area contributed by atoms with Crippen molar-refractivity contribution in [3.05, 3.63) is 54.0 Å². The number of aryl methyl sites for hydroxylation is 1. The van der Waals surface area contributed by atoms with Crippen molar-refractivity contribution in [2.24, 2.45) is 0 Å². The molecule has 4 nitrogen and oxygen atoms in total. The Morgan fingerprint density at radius 3 is 2.48 bits per heavy atom. The van der Waals surface area contributed by atoms with Crippen LogP contribution < -0.4 is 5.73 Å². The van der Waals surface area contributed by atoms with Crippen LogP contribution in [0.5, 0.6) is 0 Å². The number of hydrogen-bond donors (Lipinski definition) is 1. The molecule has 0 unspecified atom stereocenters. The number of anilines is 1. The van der Waals surface area contributed by atoms with E-state index in [0.717, 1.165) is 41.3 Å². The molecule has 0 aliphatic carbocycles. The van der Waals surface area contributed by atoms with Crippen LogP contribution >= 0.6 is 0 Å². The Morgan fingerprint density at radius 2 is 1.83 bits per heavy atom. The molecule has 3 rings (SSSR count). The molecule has 0 amide bonds. The average Bonchev–Trinajstić information content (AvgIpc) is 2.86. The second-order valence-electron chi connectivity index (χ2n) is 5.49. The first kappa shape index (κ1) is 15.2. The number of nitrogens with zero attached hydrogens (tertiary/aromatic N) is 3. The third kappa shape index (κ3) is 2.95. The normalized spacial score (nSPS) is 10.9. The second kappa shape index (κ2) is 6.20. The molecule has 118 valence electrons. The van der Waals surface area contributed by atoms with Gasteiger partial charge in [0, 0.05) is 17.8 Å². The van der Waals surface area contributed by atoms with Crippen molar-refractivity contribution < 1.29 is 4.39 Å². The number of imidazole rings is 1. The number of pyridine rings is 1. The van der Waals surface area contributed by atoms with Crippen LogP contribution in [0.3, 0.4) is 0 Å². The van der Waals surface area contributed by atoms with Gasteiger partial charge in [0.05, 0.1) is 11.4 Å². The molecule has 2 heterocycles. The molecule has 3 aromatic rings. The van der Waals surface area contributed by atoms with Crippen LogP contribution in [0.2, 0.25) is 0 Å². The van der Waals surface area contributed by atoms with Gasteiger partial charge in [-0.05, 0) is 49.7 Å². The van der Waals surface area contributed by atoms with E-state index in [0.29, 0.717) is 5.95 Å². The zero-order valence-electron chi connectivity index (χ0n) is 13.3. The van der Waals surface area contributed by atoms with Crippen LogP contribution in [0.4, 0.5) is 10.3 Å². The highest BCUT2D eigenvalue weighted by molar-refractivity contribution is 5.79. The number of nitrogen functional groups attached to an aromatic ring is 1. The summed E-state index contributed by atoms with van der Waals surface area (Å²) in [4.78, 5) is 9.08. The maximum atomic E-state index is 13.3. The molecule has 0 saturated carbocycles. The Labute approximate surface area is 134 Å². The molecular weight excluding hydrogens is 291 g/mol. The monoisotopic (exact) mass is 310 g/mol. The lowest BCUT2D eigenvalue weighted by Crippen LogP contribution is -2.04. The largest absolute Gasteiger partial charge is 0.369 e. The van der Waals surface area contributed by atoms with Gasteiger partial charge < -0.3 is 10.3 Å². The standard InChI is InChI=1S/C18H19FN4/c1-3-11-23-17(13-7-9-14(19)10-8-13)16(22-18(23)20)15-6-4-5-12(2)21-15/h4-10H,3,11H2,1-2H3,(H2,20,22). The molecule has 0 atom stereocenters. The summed E-state index contributed by atoms with van der Waals surface area (Å²) in [6.07, 6.45) is 0.926. The molecular formula is C18H19FN4. The van der Waals surface area contributed by atoms with Gasteiger partial charge in [0.2, 0.25) is 5.95 Å². The fourth-order valence-corrected chi connectivity index (χ4v) is 2.67. The summed E-state index contributed by atoms with van der Waals surface area (Å²) in [5.41, 5.74) is 10.3. The molecule has 1 aromatic carbocycles. The molecule has 0 fully saturated rings. The van der Waals surface area contributed by atoms with Crippen molar-refractivity contribution in [3.63, 3.8) is 0 Å². The third-order valence-electron chi connectivity index (χ3n) is 3.69. The van der Waals surface area contributed by atoms with Crippen molar-refractivity contribution in [1.29, 1.82) is 0 Å². The SMILES string of the molecule is CCCn1c(N)nc(-c2cccc(C)n2)c1-c1ccc(F)cc1. The van der Waals surface area contributed by atoms with Crippen molar-refractivity contribution in [3.8, 4) is 22.6 Å². The summed E-state index contributed by atoms with van der Waals surface area (Å²) in [6.45, 7) is 4.77. The summed E-state index contributed by atoms with van der Waals surface area (Å²) >= 11 is 0. The first-order chi connectivity index (χ1) is 11.1. The van der Waals surface area contributed by atoms with Gasteiger partial charge in [-0.15, -0.1) is 0 Å². The molecule has 23 heavy (non-hydrogen) atoms. The predicted octanol–water partition coefficient (Wildman–Crippen LogP) is 4.05. The van der Waals surface area contributed by atoms with Gasteiger partial charge in [0.15, 0.2) is 0 Å². The molecule has 2 aromatic heterocycles. The number of halogens is 1. The van der Waals surface area contributed by atoms with E-state index < -0.39 is 0 Å². The van der Waals surface area contributed by atoms with Crippen LogP contribution in [0, 0.1) is 12.7 Å². The highest BCUT2D eigenvalue weighted by Gasteiger charge is 2.19. The Bertz CT molecular complexity index is 822. The first-order valence-corrected chi connectivity index (χ1v) is 7.66. The number of rotatable bonds is 4. The number of aromatic nitrogens is 3. The molecule has 0 radical (unpaired) electrons. The van der Waals surface area contributed by atoms with Crippen molar-refractivity contribution in [1.82, 2.24) is 14.5 Å². The van der Waals surface area contributed by atoms with Crippen LogP contribution in [0.25, 0.3) is 22.6 Å². The lowest BCUT2D eigenvalue weighted by atomic mass is 10.1. The number of hydrogen-bond acceptors (Lipinski definition) is 3. The maximum Gasteiger partial charge on any atom is 0.201 e. The van der Waals surface area contributed by atoms with Gasteiger partial charge in [-0.25, -0.2) is 9.37 Å². The van der Waals surface area contributed by atoms with Gasteiger partial charge in [0.25, 0.3) is 0 Å². The van der Waals surface area contributed by atoms with E-state index >= 15 is 0 Å². The van der Waals surface area contributed by atoms with E-state index in [1.807, 2.05) is 29.7 Å². The van der Waals surface area contributed by atoms with Crippen molar-refractivity contribution >= 4 is 5.95 Å². The maximum absolute atomic E-state index is 13.3. The average molecular weight is 310 g/mol. The van der Waals surface area contributed by atoms with E-state index in [2.05, 4.69) is 16.9 Å². The molecule has 0 bridgehead atoms. The van der Waals surface area contributed by atoms with E-state index in [1.165, 1.54) is 12.1 Å². The van der Waals surface area contributed by atoms with Gasteiger partial charge in [-0.2, -0.15) is 0 Å². The molecule has 5 heteroatoms. The van der Waals surface area contributed by atoms with Gasteiger partial charge in [0.1, 0.15) is 11.5 Å². The summed E-state index contributed by atoms with van der Waals surface area (Å²) in [5, 5.41) is 0. The Kier molecular flexibility index (Phi) is 4.10. The van der Waals surface area contributed by atoms with Gasteiger partial charge in [-0.1, -0.05) is 13.0 Å². The van der Waals surface area contributed by atoms with Gasteiger partial charge in [-0.3, -0.25) is 4.98 Å². The lowest BCUT2D eigenvalue weighted by molar-refractivity contribution is 0.628. The number of benzene rings is 1. The summed E-state index contributed by atoms with van der Waals surface area (Å²) in [5.74, 6) is 0.183. The van der Waals surface area contributed by atoms with Crippen molar-refractivity contribution in [2.75, 3.05) is 5.73 Å². The lowest BCUT2D eigenvalue weighted by Gasteiger charge is -2.10. The second-order valence-corrected chi connectivity index (χ2v) is 5.49. The smallest absolute Gasteiger partial charge is 0.201 e. The zero-order valence-corrected chi connectivity index (χ0v) is 13.3. The van der Waals surface area contributed by atoms with E-state index in [1.54, 1.807) is 12.1 Å². The van der Waals surface area contributed by atoms with Crippen LogP contribution in [-0.4, -0.2) is 14.5 Å². The summed E-state index contributed by atoms with van der Waals surface area (Å²) < 4.78 is 15.2. The minimum atomic E-state index is -0.265. The highest BCUT2D eigenvalue weighted by atomic mass is 19.1. The van der Waals surface area contributed by atoms with Crippen LogP contribution in [-0.2, 0) is 6.54 Å². The highest BCUT2D eigenvalue weighted by Crippen LogP contribution is 2.33. The fraction of sp³-hybridized carbons (Fsp3) is 0.222. The van der Waals surface area contributed by atoms with E-state index in [4.69, 9.17) is 5.73 Å². The summed E-state index contributed by atoms with van der Waals surface area (Å²) in [6, 6.07) is 12.2. The molecule has 0 saturated heterocycles. The Balaban J connectivity index is 2.23. The van der Waals surface area contributed by atoms with E-state index in [-0.39, 0.29) is 5.82 Å². The fourth-order valence-electron chi connectivity index (χ4n) is 2.67. The quantitative estimate of drug-likeness (QED) is 0.791. The molecule has 2 N–H and O–H groups in total.